The maximum atomic E-state index is 12.3. The van der Waals surface area contributed by atoms with Gasteiger partial charge in [0.25, 0.3) is 5.91 Å². The van der Waals surface area contributed by atoms with Crippen LogP contribution >= 0.6 is 11.3 Å². The summed E-state index contributed by atoms with van der Waals surface area (Å²) in [4.78, 5) is 16.8. The Hall–Kier alpha value is -3.38. The number of nitrogens with zero attached hydrogens (tertiary/aromatic N) is 1. The molecule has 28 heavy (non-hydrogen) atoms. The molecule has 5 nitrogen and oxygen atoms in total. The summed E-state index contributed by atoms with van der Waals surface area (Å²) >= 11 is 1.41. The summed E-state index contributed by atoms with van der Waals surface area (Å²) in [6.07, 6.45) is 1.58. The second-order valence-electron chi connectivity index (χ2n) is 6.07. The van der Waals surface area contributed by atoms with Gasteiger partial charge in [-0.05, 0) is 29.8 Å². The third-order valence-corrected chi connectivity index (χ3v) is 4.97. The Kier molecular flexibility index (Phi) is 5.49. The van der Waals surface area contributed by atoms with E-state index >= 15 is 0 Å². The molecule has 6 heteroatoms. The number of carbonyl (C=O) groups is 1. The number of aromatic nitrogens is 1. The fraction of sp³-hybridized carbons (Fsp3) is 0.0909. The van der Waals surface area contributed by atoms with E-state index in [0.717, 1.165) is 21.9 Å². The number of hydrogen-bond donors (Lipinski definition) is 1. The Morgan fingerprint density at radius 2 is 1.86 bits per heavy atom. The molecule has 4 rings (SSSR count). The van der Waals surface area contributed by atoms with E-state index in [1.807, 2.05) is 60.7 Å². The molecule has 0 aliphatic carbocycles. The zero-order valence-electron chi connectivity index (χ0n) is 15.0. The van der Waals surface area contributed by atoms with Crippen molar-refractivity contribution in [3.8, 4) is 16.3 Å². The minimum atomic E-state index is -0.235. The standard InChI is InChI=1S/C22H18N2O3S/c25-21(23-13-17-9-6-12-26-17)19-15-28-22(24-19)18-10-4-5-11-20(18)27-14-16-7-2-1-3-8-16/h1-12,15H,13-14H2,(H,23,25). The Morgan fingerprint density at radius 3 is 2.68 bits per heavy atom. The number of para-hydroxylation sites is 1. The number of amides is 1. The van der Waals surface area contributed by atoms with Crippen molar-refractivity contribution in [3.05, 3.63) is 95.4 Å². The first kappa shape index (κ1) is 18.0. The van der Waals surface area contributed by atoms with Crippen molar-refractivity contribution in [2.75, 3.05) is 0 Å². The van der Waals surface area contributed by atoms with E-state index in [2.05, 4.69) is 10.3 Å². The molecule has 0 aliphatic rings. The van der Waals surface area contributed by atoms with Crippen molar-refractivity contribution < 1.29 is 13.9 Å². The molecule has 0 radical (unpaired) electrons. The van der Waals surface area contributed by atoms with E-state index in [4.69, 9.17) is 9.15 Å². The normalized spacial score (nSPS) is 10.6. The van der Waals surface area contributed by atoms with Crippen LogP contribution in [0.15, 0.2) is 82.8 Å². The number of hydrogen-bond acceptors (Lipinski definition) is 5. The molecule has 0 fully saturated rings. The van der Waals surface area contributed by atoms with E-state index in [1.165, 1.54) is 11.3 Å². The van der Waals surface area contributed by atoms with Crippen LogP contribution in [0.1, 0.15) is 21.8 Å². The molecule has 0 aliphatic heterocycles. The Balaban J connectivity index is 1.46. The first-order chi connectivity index (χ1) is 13.8. The maximum Gasteiger partial charge on any atom is 0.271 e. The lowest BCUT2D eigenvalue weighted by Crippen LogP contribution is -2.22. The predicted molar refractivity (Wildman–Crippen MR) is 108 cm³/mol. The molecule has 0 atom stereocenters. The Labute approximate surface area is 166 Å². The summed E-state index contributed by atoms with van der Waals surface area (Å²) in [6.45, 7) is 0.801. The van der Waals surface area contributed by atoms with Gasteiger partial charge in [0.2, 0.25) is 0 Å². The zero-order chi connectivity index (χ0) is 19.2. The van der Waals surface area contributed by atoms with Gasteiger partial charge in [-0.2, -0.15) is 0 Å². The summed E-state index contributed by atoms with van der Waals surface area (Å²) < 4.78 is 11.2. The van der Waals surface area contributed by atoms with Crippen LogP contribution in [-0.4, -0.2) is 10.9 Å². The third kappa shape index (κ3) is 4.29. The summed E-state index contributed by atoms with van der Waals surface area (Å²) in [5.41, 5.74) is 2.34. The first-order valence-electron chi connectivity index (χ1n) is 8.82. The number of benzene rings is 2. The number of thiazole rings is 1. The molecule has 0 unspecified atom stereocenters. The topological polar surface area (TPSA) is 64.4 Å². The summed E-state index contributed by atoms with van der Waals surface area (Å²) in [6, 6.07) is 21.3. The minimum absolute atomic E-state index is 0.235. The van der Waals surface area contributed by atoms with E-state index in [9.17, 15) is 4.79 Å². The number of carbonyl (C=O) groups excluding carboxylic acids is 1. The molecule has 2 heterocycles. The van der Waals surface area contributed by atoms with E-state index < -0.39 is 0 Å². The molecule has 2 aromatic carbocycles. The van der Waals surface area contributed by atoms with Crippen LogP contribution in [0.3, 0.4) is 0 Å². The fourth-order valence-corrected chi connectivity index (χ4v) is 3.51. The highest BCUT2D eigenvalue weighted by Crippen LogP contribution is 2.32. The molecular weight excluding hydrogens is 372 g/mol. The molecule has 0 bridgehead atoms. The summed E-state index contributed by atoms with van der Waals surface area (Å²) in [7, 11) is 0. The largest absolute Gasteiger partial charge is 0.488 e. The van der Waals surface area contributed by atoms with Crippen molar-refractivity contribution in [2.45, 2.75) is 13.2 Å². The number of ether oxygens (including phenoxy) is 1. The van der Waals surface area contributed by atoms with Crippen molar-refractivity contribution in [2.24, 2.45) is 0 Å². The number of furan rings is 1. The highest BCUT2D eigenvalue weighted by molar-refractivity contribution is 7.13. The summed E-state index contributed by atoms with van der Waals surface area (Å²) in [5.74, 6) is 1.20. The van der Waals surface area contributed by atoms with Crippen LogP contribution in [-0.2, 0) is 13.2 Å². The van der Waals surface area contributed by atoms with Crippen molar-refractivity contribution in [3.63, 3.8) is 0 Å². The molecule has 0 saturated heterocycles. The molecular formula is C22H18N2O3S. The van der Waals surface area contributed by atoms with Crippen molar-refractivity contribution >= 4 is 17.2 Å². The van der Waals surface area contributed by atoms with Gasteiger partial charge in [0.1, 0.15) is 28.8 Å². The second-order valence-corrected chi connectivity index (χ2v) is 6.93. The molecule has 1 amide bonds. The van der Waals surface area contributed by atoms with Gasteiger partial charge in [-0.25, -0.2) is 4.98 Å². The van der Waals surface area contributed by atoms with E-state index in [1.54, 1.807) is 17.7 Å². The summed E-state index contributed by atoms with van der Waals surface area (Å²) in [5, 5.41) is 5.30. The lowest BCUT2D eigenvalue weighted by atomic mass is 10.2. The third-order valence-electron chi connectivity index (χ3n) is 4.09. The van der Waals surface area contributed by atoms with Crippen LogP contribution in [0.25, 0.3) is 10.6 Å². The van der Waals surface area contributed by atoms with Crippen LogP contribution in [0.5, 0.6) is 5.75 Å². The van der Waals surface area contributed by atoms with Crippen LogP contribution in [0.4, 0.5) is 0 Å². The average Bonchev–Trinajstić information content (AvgIpc) is 3.44. The molecule has 0 spiro atoms. The van der Waals surface area contributed by atoms with Gasteiger partial charge in [-0.3, -0.25) is 4.79 Å². The zero-order valence-corrected chi connectivity index (χ0v) is 15.8. The number of rotatable bonds is 7. The van der Waals surface area contributed by atoms with E-state index in [0.29, 0.717) is 24.6 Å². The average molecular weight is 390 g/mol. The highest BCUT2D eigenvalue weighted by Gasteiger charge is 2.15. The van der Waals surface area contributed by atoms with Gasteiger partial charge in [0.15, 0.2) is 0 Å². The maximum absolute atomic E-state index is 12.3. The Bertz CT molecular complexity index is 1040. The number of nitrogens with one attached hydrogen (secondary N) is 1. The van der Waals surface area contributed by atoms with Gasteiger partial charge in [-0.15, -0.1) is 11.3 Å². The lowest BCUT2D eigenvalue weighted by molar-refractivity contribution is 0.0944. The SMILES string of the molecule is O=C(NCc1ccco1)c1csc(-c2ccccc2OCc2ccccc2)n1. The lowest BCUT2D eigenvalue weighted by Gasteiger charge is -2.10. The van der Waals surface area contributed by atoms with Crippen LogP contribution < -0.4 is 10.1 Å². The van der Waals surface area contributed by atoms with E-state index in [-0.39, 0.29) is 5.91 Å². The molecule has 140 valence electrons. The first-order valence-corrected chi connectivity index (χ1v) is 9.70. The minimum Gasteiger partial charge on any atom is -0.488 e. The van der Waals surface area contributed by atoms with Crippen molar-refractivity contribution in [1.82, 2.24) is 10.3 Å². The Morgan fingerprint density at radius 1 is 1.04 bits per heavy atom. The molecule has 0 saturated carbocycles. The van der Waals surface area contributed by atoms with Gasteiger partial charge >= 0.3 is 0 Å². The predicted octanol–water partition coefficient (Wildman–Crippen LogP) is 4.91. The van der Waals surface area contributed by atoms with Gasteiger partial charge in [0, 0.05) is 5.38 Å². The molecule has 1 N–H and O–H groups in total. The van der Waals surface area contributed by atoms with Crippen molar-refractivity contribution in [1.29, 1.82) is 0 Å². The van der Waals surface area contributed by atoms with Crippen LogP contribution in [0, 0.1) is 0 Å². The smallest absolute Gasteiger partial charge is 0.271 e. The molecule has 4 aromatic rings. The monoisotopic (exact) mass is 390 g/mol. The highest BCUT2D eigenvalue weighted by atomic mass is 32.1. The van der Waals surface area contributed by atoms with Crippen LogP contribution in [0.2, 0.25) is 0 Å². The second kappa shape index (κ2) is 8.54. The molecule has 2 aromatic heterocycles. The van der Waals surface area contributed by atoms with Gasteiger partial charge in [-0.1, -0.05) is 42.5 Å². The quantitative estimate of drug-likeness (QED) is 0.487. The van der Waals surface area contributed by atoms with Gasteiger partial charge < -0.3 is 14.5 Å². The fourth-order valence-electron chi connectivity index (χ4n) is 2.68. The van der Waals surface area contributed by atoms with Gasteiger partial charge in [0.05, 0.1) is 18.4 Å².